The van der Waals surface area contributed by atoms with Crippen LogP contribution < -0.4 is 0 Å². The van der Waals surface area contributed by atoms with Gasteiger partial charge in [-0.1, -0.05) is 37.0 Å². The second kappa shape index (κ2) is 5.75. The molecule has 2 nitrogen and oxygen atoms in total. The summed E-state index contributed by atoms with van der Waals surface area (Å²) in [7, 11) is 0. The van der Waals surface area contributed by atoms with E-state index in [9.17, 15) is 0 Å². The highest BCUT2D eigenvalue weighted by Crippen LogP contribution is 2.38. The second-order valence-corrected chi connectivity index (χ2v) is 7.58. The summed E-state index contributed by atoms with van der Waals surface area (Å²) in [5.74, 6) is 0.863. The third kappa shape index (κ3) is 2.90. The van der Waals surface area contributed by atoms with Gasteiger partial charge in [0.1, 0.15) is 9.49 Å². The van der Waals surface area contributed by atoms with Crippen molar-refractivity contribution in [3.05, 3.63) is 30.2 Å². The number of hydrogen-bond donors (Lipinski definition) is 0. The molecule has 0 spiro atoms. The zero-order chi connectivity index (χ0) is 13.4. The summed E-state index contributed by atoms with van der Waals surface area (Å²) in [5.41, 5.74) is 0.894. The number of thiophene rings is 1. The van der Waals surface area contributed by atoms with Crippen LogP contribution in [0, 0.1) is 0 Å². The molecule has 2 aromatic heterocycles. The predicted octanol–water partition coefficient (Wildman–Crippen LogP) is 6.16. The van der Waals surface area contributed by atoms with E-state index in [4.69, 9.17) is 23.2 Å². The lowest BCUT2D eigenvalue weighted by Gasteiger charge is -2.09. The fourth-order valence-electron chi connectivity index (χ4n) is 1.39. The van der Waals surface area contributed by atoms with Crippen LogP contribution in [0.3, 0.4) is 0 Å². The highest BCUT2D eigenvalue weighted by atomic mass is 79.9. The average Bonchev–Trinajstić information content (AvgIpc) is 2.62. The summed E-state index contributed by atoms with van der Waals surface area (Å²) in [5, 5.41) is 0.421. The van der Waals surface area contributed by atoms with Gasteiger partial charge in [0.15, 0.2) is 5.82 Å². The number of halogens is 4. The predicted molar refractivity (Wildman–Crippen MR) is 84.9 cm³/mol. The van der Waals surface area contributed by atoms with E-state index in [0.29, 0.717) is 15.3 Å². The van der Waals surface area contributed by atoms with Gasteiger partial charge in [0.25, 0.3) is 0 Å². The number of hydrogen-bond acceptors (Lipinski definition) is 3. The number of rotatable bonds is 2. The molecule has 0 atom stereocenters. The van der Waals surface area contributed by atoms with Crippen molar-refractivity contribution >= 4 is 66.4 Å². The first kappa shape index (κ1) is 14.7. The normalized spacial score (nSPS) is 11.3. The molecule has 0 N–H and O–H groups in total. The Kier molecular flexibility index (Phi) is 4.70. The Hall–Kier alpha value is 0.320. The molecule has 0 amide bonds. The van der Waals surface area contributed by atoms with Crippen molar-refractivity contribution in [2.75, 3.05) is 0 Å². The van der Waals surface area contributed by atoms with Crippen molar-refractivity contribution in [3.63, 3.8) is 0 Å². The minimum Gasteiger partial charge on any atom is -0.231 e. The van der Waals surface area contributed by atoms with Gasteiger partial charge in [0, 0.05) is 4.47 Å². The van der Waals surface area contributed by atoms with Crippen molar-refractivity contribution in [1.82, 2.24) is 9.97 Å². The summed E-state index contributed by atoms with van der Waals surface area (Å²) in [4.78, 5) is 9.72. The Morgan fingerprint density at radius 3 is 2.39 bits per heavy atom. The molecular formula is C11H8Br2Cl2N2S. The van der Waals surface area contributed by atoms with Gasteiger partial charge in [0.05, 0.1) is 15.0 Å². The molecule has 2 heterocycles. The SMILES string of the molecule is CC(C)c1nc(-c2cc(Br)c(Cl)s2)nc(Cl)c1Br. The van der Waals surface area contributed by atoms with E-state index in [1.807, 2.05) is 6.07 Å². The van der Waals surface area contributed by atoms with E-state index in [1.165, 1.54) is 11.3 Å². The molecule has 0 aromatic carbocycles. The second-order valence-electron chi connectivity index (χ2n) is 3.92. The molecule has 0 aliphatic carbocycles. The zero-order valence-corrected chi connectivity index (χ0v) is 15.0. The maximum atomic E-state index is 6.12. The number of nitrogens with zero attached hydrogens (tertiary/aromatic N) is 2. The molecule has 0 aliphatic heterocycles. The molecule has 0 radical (unpaired) electrons. The smallest absolute Gasteiger partial charge is 0.171 e. The Balaban J connectivity index is 2.58. The largest absolute Gasteiger partial charge is 0.231 e. The van der Waals surface area contributed by atoms with E-state index in [-0.39, 0.29) is 5.92 Å². The molecule has 0 fully saturated rings. The molecular weight excluding hydrogens is 423 g/mol. The topological polar surface area (TPSA) is 25.8 Å². The summed E-state index contributed by atoms with van der Waals surface area (Å²) in [6.07, 6.45) is 0. The van der Waals surface area contributed by atoms with Crippen LogP contribution in [0.1, 0.15) is 25.5 Å². The minimum atomic E-state index is 0.262. The maximum Gasteiger partial charge on any atom is 0.171 e. The lowest BCUT2D eigenvalue weighted by Crippen LogP contribution is -1.99. The van der Waals surface area contributed by atoms with Crippen molar-refractivity contribution < 1.29 is 0 Å². The fraction of sp³-hybridized carbons (Fsp3) is 0.273. The van der Waals surface area contributed by atoms with Crippen LogP contribution in [0.4, 0.5) is 0 Å². The zero-order valence-electron chi connectivity index (χ0n) is 9.47. The van der Waals surface area contributed by atoms with Gasteiger partial charge < -0.3 is 0 Å². The third-order valence-corrected chi connectivity index (χ3v) is 6.00. The van der Waals surface area contributed by atoms with Gasteiger partial charge in [-0.05, 0) is 43.8 Å². The van der Waals surface area contributed by atoms with Crippen LogP contribution in [0.25, 0.3) is 10.7 Å². The molecule has 0 bridgehead atoms. The molecule has 0 saturated carbocycles. The lowest BCUT2D eigenvalue weighted by molar-refractivity contribution is 0.810. The average molecular weight is 431 g/mol. The van der Waals surface area contributed by atoms with Crippen LogP contribution in [0.2, 0.25) is 9.49 Å². The monoisotopic (exact) mass is 428 g/mol. The van der Waals surface area contributed by atoms with Crippen LogP contribution in [0.15, 0.2) is 15.0 Å². The third-order valence-electron chi connectivity index (χ3n) is 2.25. The lowest BCUT2D eigenvalue weighted by atomic mass is 10.1. The quantitative estimate of drug-likeness (QED) is 0.533. The highest BCUT2D eigenvalue weighted by Gasteiger charge is 2.16. The van der Waals surface area contributed by atoms with E-state index in [1.54, 1.807) is 0 Å². The Labute approximate surface area is 136 Å². The standard InChI is InChI=1S/C11H8Br2Cl2N2S/c1-4(2)8-7(13)9(14)17-11(16-8)6-3-5(12)10(15)18-6/h3-4H,1-2H3. The van der Waals surface area contributed by atoms with Gasteiger partial charge in [0.2, 0.25) is 0 Å². The summed E-state index contributed by atoms with van der Waals surface area (Å²) >= 11 is 20.4. The first-order valence-corrected chi connectivity index (χ1v) is 8.24. The molecule has 0 saturated heterocycles. The van der Waals surface area contributed by atoms with Crippen molar-refractivity contribution in [2.24, 2.45) is 0 Å². The van der Waals surface area contributed by atoms with Gasteiger partial charge >= 0.3 is 0 Å². The Bertz CT molecular complexity index is 579. The van der Waals surface area contributed by atoms with Gasteiger partial charge in [-0.25, -0.2) is 9.97 Å². The van der Waals surface area contributed by atoms with E-state index < -0.39 is 0 Å². The van der Waals surface area contributed by atoms with Crippen molar-refractivity contribution in [2.45, 2.75) is 19.8 Å². The van der Waals surface area contributed by atoms with Gasteiger partial charge in [-0.15, -0.1) is 11.3 Å². The molecule has 0 aliphatic rings. The number of aromatic nitrogens is 2. The van der Waals surface area contributed by atoms with Crippen molar-refractivity contribution in [1.29, 1.82) is 0 Å². The first-order chi connectivity index (χ1) is 8.40. The van der Waals surface area contributed by atoms with Crippen LogP contribution >= 0.6 is 66.4 Å². The van der Waals surface area contributed by atoms with E-state index in [2.05, 4.69) is 55.7 Å². The Morgan fingerprint density at radius 2 is 1.89 bits per heavy atom. The minimum absolute atomic E-state index is 0.262. The first-order valence-electron chi connectivity index (χ1n) is 5.08. The molecule has 0 unspecified atom stereocenters. The summed E-state index contributed by atoms with van der Waals surface area (Å²) in [6.45, 7) is 4.12. The van der Waals surface area contributed by atoms with E-state index in [0.717, 1.165) is 19.5 Å². The maximum absolute atomic E-state index is 6.12. The summed E-state index contributed by atoms with van der Waals surface area (Å²) < 4.78 is 2.28. The molecule has 18 heavy (non-hydrogen) atoms. The molecule has 96 valence electrons. The van der Waals surface area contributed by atoms with Gasteiger partial charge in [-0.2, -0.15) is 0 Å². The van der Waals surface area contributed by atoms with Crippen LogP contribution in [-0.4, -0.2) is 9.97 Å². The van der Waals surface area contributed by atoms with Crippen molar-refractivity contribution in [3.8, 4) is 10.7 Å². The highest BCUT2D eigenvalue weighted by molar-refractivity contribution is 9.11. The summed E-state index contributed by atoms with van der Waals surface area (Å²) in [6, 6.07) is 1.90. The fourth-order valence-corrected chi connectivity index (χ4v) is 3.83. The molecule has 2 rings (SSSR count). The molecule has 2 aromatic rings. The molecule has 7 heteroatoms. The van der Waals surface area contributed by atoms with E-state index >= 15 is 0 Å². The van der Waals surface area contributed by atoms with Gasteiger partial charge in [-0.3, -0.25) is 0 Å². The van der Waals surface area contributed by atoms with Crippen LogP contribution in [0.5, 0.6) is 0 Å². The van der Waals surface area contributed by atoms with Crippen LogP contribution in [-0.2, 0) is 0 Å². The Morgan fingerprint density at radius 1 is 1.22 bits per heavy atom.